The van der Waals surface area contributed by atoms with Gasteiger partial charge in [0, 0.05) is 24.5 Å². The lowest BCUT2D eigenvalue weighted by atomic mass is 10.1. The van der Waals surface area contributed by atoms with Crippen molar-refractivity contribution in [2.45, 2.75) is 26.1 Å². The molecule has 0 amide bonds. The van der Waals surface area contributed by atoms with Crippen molar-refractivity contribution in [3.8, 4) is 22.9 Å². The van der Waals surface area contributed by atoms with E-state index in [-0.39, 0.29) is 12.2 Å². The maximum absolute atomic E-state index is 6.62. The molecule has 1 aliphatic heterocycles. The Morgan fingerprint density at radius 3 is 2.23 bits per heavy atom. The molecule has 0 radical (unpaired) electrons. The minimum absolute atomic E-state index is 0.0421. The summed E-state index contributed by atoms with van der Waals surface area (Å²) in [5, 5.41) is 1.39. The van der Waals surface area contributed by atoms with Crippen LogP contribution in [0.4, 0.5) is 11.6 Å². The number of benzene rings is 1. The Kier molecular flexibility index (Phi) is 5.96. The number of nitrogen functional groups attached to an aromatic ring is 1. The van der Waals surface area contributed by atoms with Crippen molar-refractivity contribution in [3.63, 3.8) is 0 Å². The Hall–Kier alpha value is -2.55. The summed E-state index contributed by atoms with van der Waals surface area (Å²) in [5.41, 5.74) is 7.01. The predicted octanol–water partition coefficient (Wildman–Crippen LogP) is 4.21. The number of rotatable bonds is 4. The zero-order valence-corrected chi connectivity index (χ0v) is 19.2. The zero-order chi connectivity index (χ0) is 22.3. The molecule has 1 aliphatic rings. The van der Waals surface area contributed by atoms with E-state index in [4.69, 9.17) is 48.1 Å². The molecule has 1 aromatic carbocycles. The molecule has 2 aromatic heterocycles. The SMILES string of the molecule is COc1cc(OC)c(Cl)c(-c2nc(N3CC(C)OC(C)C3)c3cc(N)ncc3n2)c1Cl. The van der Waals surface area contributed by atoms with Crippen LogP contribution in [0.2, 0.25) is 10.0 Å². The Labute approximate surface area is 190 Å². The summed E-state index contributed by atoms with van der Waals surface area (Å²) in [6, 6.07) is 3.40. The molecule has 0 aliphatic carbocycles. The molecule has 3 heterocycles. The van der Waals surface area contributed by atoms with Crippen LogP contribution >= 0.6 is 23.2 Å². The molecular weight excluding hydrogens is 441 g/mol. The Balaban J connectivity index is 1.98. The topological polar surface area (TPSA) is 95.6 Å². The molecule has 31 heavy (non-hydrogen) atoms. The number of hydrogen-bond acceptors (Lipinski definition) is 8. The first-order valence-corrected chi connectivity index (χ1v) is 10.5. The van der Waals surface area contributed by atoms with E-state index >= 15 is 0 Å². The second-order valence-corrected chi connectivity index (χ2v) is 8.20. The molecule has 0 spiro atoms. The standard InChI is InChI=1S/C21H23Cl2N5O3/c1-10-8-28(9-11(2)31-10)21-12-5-16(24)25-7-13(12)26-20(27-21)17-18(22)14(29-3)6-15(30-4)19(17)23/h5-7,10-11H,8-9H2,1-4H3,(H2,24,25). The first-order chi connectivity index (χ1) is 14.8. The number of aromatic nitrogens is 3. The second-order valence-electron chi connectivity index (χ2n) is 7.44. The normalized spacial score (nSPS) is 19.0. The lowest BCUT2D eigenvalue weighted by molar-refractivity contribution is -0.00536. The molecule has 3 aromatic rings. The second kappa shape index (κ2) is 8.53. The number of hydrogen-bond donors (Lipinski definition) is 1. The lowest BCUT2D eigenvalue weighted by Gasteiger charge is -2.36. The van der Waals surface area contributed by atoms with Crippen LogP contribution < -0.4 is 20.1 Å². The summed E-state index contributed by atoms with van der Waals surface area (Å²) in [7, 11) is 3.04. The number of nitrogens with zero attached hydrogens (tertiary/aromatic N) is 4. The van der Waals surface area contributed by atoms with Crippen molar-refractivity contribution in [1.29, 1.82) is 0 Å². The molecular formula is C21H23Cl2N5O3. The largest absolute Gasteiger partial charge is 0.495 e. The third-order valence-corrected chi connectivity index (χ3v) is 5.85. The predicted molar refractivity (Wildman–Crippen MR) is 123 cm³/mol. The smallest absolute Gasteiger partial charge is 0.165 e. The molecule has 1 saturated heterocycles. The summed E-state index contributed by atoms with van der Waals surface area (Å²) in [4.78, 5) is 15.9. The van der Waals surface area contributed by atoms with E-state index in [1.807, 2.05) is 13.8 Å². The van der Waals surface area contributed by atoms with Gasteiger partial charge in [-0.05, 0) is 19.9 Å². The highest BCUT2D eigenvalue weighted by Gasteiger charge is 2.27. The Morgan fingerprint density at radius 2 is 1.65 bits per heavy atom. The van der Waals surface area contributed by atoms with E-state index in [9.17, 15) is 0 Å². The van der Waals surface area contributed by atoms with E-state index < -0.39 is 0 Å². The monoisotopic (exact) mass is 463 g/mol. The van der Waals surface area contributed by atoms with Gasteiger partial charge < -0.3 is 24.8 Å². The maximum atomic E-state index is 6.62. The van der Waals surface area contributed by atoms with E-state index in [0.717, 1.165) is 5.39 Å². The fourth-order valence-electron chi connectivity index (χ4n) is 3.82. The fourth-order valence-corrected chi connectivity index (χ4v) is 4.49. The number of ether oxygens (including phenoxy) is 3. The van der Waals surface area contributed by atoms with Gasteiger partial charge in [0.2, 0.25) is 0 Å². The maximum Gasteiger partial charge on any atom is 0.165 e. The van der Waals surface area contributed by atoms with Gasteiger partial charge in [0.05, 0.1) is 53.7 Å². The summed E-state index contributed by atoms with van der Waals surface area (Å²) in [5.74, 6) is 2.26. The number of morpholine rings is 1. The first kappa shape index (κ1) is 21.7. The van der Waals surface area contributed by atoms with Gasteiger partial charge in [-0.3, -0.25) is 0 Å². The van der Waals surface area contributed by atoms with E-state index in [2.05, 4.69) is 14.9 Å². The summed E-state index contributed by atoms with van der Waals surface area (Å²) in [6.07, 6.45) is 1.70. The highest BCUT2D eigenvalue weighted by atomic mass is 35.5. The van der Waals surface area contributed by atoms with Crippen molar-refractivity contribution in [2.24, 2.45) is 0 Å². The van der Waals surface area contributed by atoms with Crippen molar-refractivity contribution in [1.82, 2.24) is 15.0 Å². The molecule has 10 heteroatoms. The van der Waals surface area contributed by atoms with Crippen molar-refractivity contribution >= 4 is 45.7 Å². The Bertz CT molecular complexity index is 1110. The van der Waals surface area contributed by atoms with Gasteiger partial charge in [-0.2, -0.15) is 0 Å². The number of anilines is 2. The quantitative estimate of drug-likeness (QED) is 0.614. The molecule has 2 N–H and O–H groups in total. The van der Waals surface area contributed by atoms with Gasteiger partial charge in [0.15, 0.2) is 5.82 Å². The van der Waals surface area contributed by atoms with Crippen LogP contribution in [0.25, 0.3) is 22.3 Å². The van der Waals surface area contributed by atoms with Crippen LogP contribution in [-0.4, -0.2) is 54.5 Å². The van der Waals surface area contributed by atoms with E-state index in [0.29, 0.717) is 63.2 Å². The molecule has 1 fully saturated rings. The highest BCUT2D eigenvalue weighted by Crippen LogP contribution is 2.45. The number of pyridine rings is 1. The van der Waals surface area contributed by atoms with Crippen LogP contribution in [0.1, 0.15) is 13.8 Å². The molecule has 4 rings (SSSR count). The van der Waals surface area contributed by atoms with Gasteiger partial charge in [0.25, 0.3) is 0 Å². The van der Waals surface area contributed by atoms with Gasteiger partial charge >= 0.3 is 0 Å². The Morgan fingerprint density at radius 1 is 1.03 bits per heavy atom. The van der Waals surface area contributed by atoms with Crippen molar-refractivity contribution in [3.05, 3.63) is 28.4 Å². The molecule has 2 atom stereocenters. The number of nitrogens with two attached hydrogens (primary N) is 1. The van der Waals surface area contributed by atoms with Crippen LogP contribution in [0.5, 0.6) is 11.5 Å². The average Bonchev–Trinajstić information content (AvgIpc) is 2.73. The summed E-state index contributed by atoms with van der Waals surface area (Å²) in [6.45, 7) is 5.40. The molecule has 0 saturated carbocycles. The fraction of sp³-hybridized carbons (Fsp3) is 0.381. The zero-order valence-electron chi connectivity index (χ0n) is 17.6. The van der Waals surface area contributed by atoms with Gasteiger partial charge in [-0.15, -0.1) is 0 Å². The van der Waals surface area contributed by atoms with Gasteiger partial charge in [0.1, 0.15) is 23.1 Å². The molecule has 2 unspecified atom stereocenters. The van der Waals surface area contributed by atoms with Gasteiger partial charge in [-0.1, -0.05) is 23.2 Å². The molecule has 8 nitrogen and oxygen atoms in total. The molecule has 0 bridgehead atoms. The first-order valence-electron chi connectivity index (χ1n) is 9.76. The summed E-state index contributed by atoms with van der Waals surface area (Å²) < 4.78 is 16.7. The average molecular weight is 464 g/mol. The van der Waals surface area contributed by atoms with Crippen LogP contribution in [0.3, 0.4) is 0 Å². The highest BCUT2D eigenvalue weighted by molar-refractivity contribution is 6.41. The number of fused-ring (bicyclic) bond motifs is 1. The van der Waals surface area contributed by atoms with Crippen LogP contribution in [0, 0.1) is 0 Å². The van der Waals surface area contributed by atoms with Crippen LogP contribution in [-0.2, 0) is 4.74 Å². The number of methoxy groups -OCH3 is 2. The van der Waals surface area contributed by atoms with E-state index in [1.54, 1.807) is 18.3 Å². The third kappa shape index (κ3) is 4.03. The van der Waals surface area contributed by atoms with Crippen molar-refractivity contribution < 1.29 is 14.2 Å². The lowest BCUT2D eigenvalue weighted by Crippen LogP contribution is -2.46. The number of halogens is 2. The van der Waals surface area contributed by atoms with Gasteiger partial charge in [-0.25, -0.2) is 15.0 Å². The van der Waals surface area contributed by atoms with E-state index in [1.165, 1.54) is 14.2 Å². The van der Waals surface area contributed by atoms with Crippen LogP contribution in [0.15, 0.2) is 18.3 Å². The third-order valence-electron chi connectivity index (χ3n) is 5.10. The minimum Gasteiger partial charge on any atom is -0.495 e. The summed E-state index contributed by atoms with van der Waals surface area (Å²) >= 11 is 13.2. The molecule has 164 valence electrons. The van der Waals surface area contributed by atoms with Crippen molar-refractivity contribution in [2.75, 3.05) is 37.9 Å². The minimum atomic E-state index is 0.0421.